The third kappa shape index (κ3) is 4.90. The van der Waals surface area contributed by atoms with Crippen LogP contribution < -0.4 is 10.2 Å². The zero-order valence-electron chi connectivity index (χ0n) is 14.7. The molecule has 1 fully saturated rings. The largest absolute Gasteiger partial charge is 0.378 e. The first-order valence-electron chi connectivity index (χ1n) is 8.48. The molecule has 5 nitrogen and oxygen atoms in total. The number of amides is 1. The van der Waals surface area contributed by atoms with E-state index in [1.165, 1.54) is 18.2 Å². The van der Waals surface area contributed by atoms with Crippen LogP contribution in [0.4, 0.5) is 15.8 Å². The van der Waals surface area contributed by atoms with Crippen LogP contribution in [0, 0.1) is 17.1 Å². The topological polar surface area (TPSA) is 65.4 Å². The SMILES string of the molecule is N#C/C(=C\c1cc(Br)ccc1F)C(=O)Nc1cc(Cl)ccc1N1CCOCC1. The second-order valence-corrected chi connectivity index (χ2v) is 7.40. The molecular formula is C20H16BrClFN3O2. The number of morpholine rings is 1. The van der Waals surface area contributed by atoms with E-state index in [1.807, 2.05) is 12.1 Å². The molecule has 0 unspecified atom stereocenters. The first-order valence-corrected chi connectivity index (χ1v) is 9.65. The van der Waals surface area contributed by atoms with Crippen molar-refractivity contribution >= 4 is 50.9 Å². The van der Waals surface area contributed by atoms with Crippen molar-refractivity contribution in [3.63, 3.8) is 0 Å². The molecule has 1 N–H and O–H groups in total. The molecule has 0 radical (unpaired) electrons. The van der Waals surface area contributed by atoms with Gasteiger partial charge in [-0.2, -0.15) is 5.26 Å². The molecule has 0 aromatic heterocycles. The molecule has 1 aliphatic heterocycles. The number of benzene rings is 2. The Morgan fingerprint density at radius 1 is 1.29 bits per heavy atom. The van der Waals surface area contributed by atoms with Gasteiger partial charge in [0.25, 0.3) is 5.91 Å². The van der Waals surface area contributed by atoms with Crippen molar-refractivity contribution in [1.82, 2.24) is 0 Å². The molecule has 0 aliphatic carbocycles. The molecule has 144 valence electrons. The monoisotopic (exact) mass is 463 g/mol. The standard InChI is InChI=1S/C20H16BrClFN3O2/c21-15-1-3-17(23)13(10-15)9-14(12-24)20(27)25-18-11-16(22)2-4-19(18)26-5-7-28-8-6-26/h1-4,9-11H,5-8H2,(H,25,27)/b14-9+. The van der Waals surface area contributed by atoms with Gasteiger partial charge in [0.05, 0.1) is 24.6 Å². The summed E-state index contributed by atoms with van der Waals surface area (Å²) >= 11 is 9.34. The first kappa shape index (κ1) is 20.3. The second kappa shape index (κ2) is 9.20. The summed E-state index contributed by atoms with van der Waals surface area (Å²) in [6, 6.07) is 11.3. The molecule has 2 aromatic carbocycles. The van der Waals surface area contributed by atoms with Crippen LogP contribution in [0.3, 0.4) is 0 Å². The number of anilines is 2. The molecule has 8 heteroatoms. The minimum atomic E-state index is -0.640. The van der Waals surface area contributed by atoms with E-state index in [4.69, 9.17) is 16.3 Å². The van der Waals surface area contributed by atoms with E-state index in [1.54, 1.807) is 18.2 Å². The quantitative estimate of drug-likeness (QED) is 0.529. The van der Waals surface area contributed by atoms with E-state index >= 15 is 0 Å². The Hall–Kier alpha value is -2.40. The van der Waals surface area contributed by atoms with Gasteiger partial charge in [-0.3, -0.25) is 4.79 Å². The average molecular weight is 465 g/mol. The minimum absolute atomic E-state index is 0.139. The van der Waals surface area contributed by atoms with Gasteiger partial charge in [0, 0.05) is 28.1 Å². The highest BCUT2D eigenvalue weighted by molar-refractivity contribution is 9.10. The van der Waals surface area contributed by atoms with Gasteiger partial charge in [-0.25, -0.2) is 4.39 Å². The fourth-order valence-electron chi connectivity index (χ4n) is 2.81. The summed E-state index contributed by atoms with van der Waals surface area (Å²) in [7, 11) is 0. The molecule has 0 spiro atoms. The fraction of sp³-hybridized carbons (Fsp3) is 0.200. The maximum Gasteiger partial charge on any atom is 0.266 e. The number of nitrogens with zero attached hydrogens (tertiary/aromatic N) is 2. The van der Waals surface area contributed by atoms with Crippen molar-refractivity contribution in [2.24, 2.45) is 0 Å². The van der Waals surface area contributed by atoms with E-state index in [0.29, 0.717) is 41.5 Å². The van der Waals surface area contributed by atoms with Crippen LogP contribution in [0.1, 0.15) is 5.56 Å². The molecule has 1 amide bonds. The third-order valence-corrected chi connectivity index (χ3v) is 4.91. The van der Waals surface area contributed by atoms with Crippen LogP contribution in [0.2, 0.25) is 5.02 Å². The van der Waals surface area contributed by atoms with E-state index in [-0.39, 0.29) is 11.1 Å². The number of carbonyl (C=O) groups is 1. The Morgan fingerprint density at radius 2 is 2.04 bits per heavy atom. The fourth-order valence-corrected chi connectivity index (χ4v) is 3.36. The summed E-state index contributed by atoms with van der Waals surface area (Å²) in [5, 5.41) is 12.6. The Morgan fingerprint density at radius 3 is 2.75 bits per heavy atom. The number of nitriles is 1. The number of rotatable bonds is 4. The molecule has 0 bridgehead atoms. The van der Waals surface area contributed by atoms with Crippen molar-refractivity contribution < 1.29 is 13.9 Å². The molecule has 1 heterocycles. The van der Waals surface area contributed by atoms with E-state index in [0.717, 1.165) is 5.69 Å². The van der Waals surface area contributed by atoms with Gasteiger partial charge in [0.15, 0.2) is 0 Å². The van der Waals surface area contributed by atoms with Crippen LogP contribution >= 0.6 is 27.5 Å². The minimum Gasteiger partial charge on any atom is -0.378 e. The van der Waals surface area contributed by atoms with E-state index in [9.17, 15) is 14.4 Å². The van der Waals surface area contributed by atoms with E-state index < -0.39 is 11.7 Å². The smallest absolute Gasteiger partial charge is 0.266 e. The van der Waals surface area contributed by atoms with Crippen molar-refractivity contribution in [3.8, 4) is 6.07 Å². The van der Waals surface area contributed by atoms with Gasteiger partial charge in [-0.1, -0.05) is 27.5 Å². The summed E-state index contributed by atoms with van der Waals surface area (Å²) < 4.78 is 20.0. The predicted molar refractivity (Wildman–Crippen MR) is 111 cm³/mol. The van der Waals surface area contributed by atoms with Crippen molar-refractivity contribution in [2.45, 2.75) is 0 Å². The maximum absolute atomic E-state index is 14.0. The number of halogens is 3. The van der Waals surface area contributed by atoms with Crippen LogP contribution in [-0.2, 0) is 9.53 Å². The molecule has 3 rings (SSSR count). The highest BCUT2D eigenvalue weighted by atomic mass is 79.9. The van der Waals surface area contributed by atoms with Crippen LogP contribution in [0.5, 0.6) is 0 Å². The van der Waals surface area contributed by atoms with Gasteiger partial charge in [0.2, 0.25) is 0 Å². The van der Waals surface area contributed by atoms with Crippen molar-refractivity contribution in [1.29, 1.82) is 5.26 Å². The number of hydrogen-bond donors (Lipinski definition) is 1. The number of ether oxygens (including phenoxy) is 1. The van der Waals surface area contributed by atoms with Gasteiger partial charge >= 0.3 is 0 Å². The Balaban J connectivity index is 1.89. The summed E-state index contributed by atoms with van der Waals surface area (Å²) in [5.74, 6) is -1.17. The lowest BCUT2D eigenvalue weighted by molar-refractivity contribution is -0.112. The molecular weight excluding hydrogens is 449 g/mol. The normalized spacial score (nSPS) is 14.5. The Kier molecular flexibility index (Phi) is 6.68. The predicted octanol–water partition coefficient (Wildman–Crippen LogP) is 4.62. The first-order chi connectivity index (χ1) is 13.5. The van der Waals surface area contributed by atoms with Gasteiger partial charge < -0.3 is 15.0 Å². The summed E-state index contributed by atoms with van der Waals surface area (Å²) in [4.78, 5) is 14.7. The van der Waals surface area contributed by atoms with Gasteiger partial charge in [-0.15, -0.1) is 0 Å². The van der Waals surface area contributed by atoms with Gasteiger partial charge in [0.1, 0.15) is 17.5 Å². The lowest BCUT2D eigenvalue weighted by Gasteiger charge is -2.30. The molecule has 0 saturated carbocycles. The Labute approximate surface area is 175 Å². The molecule has 1 aliphatic rings. The third-order valence-electron chi connectivity index (χ3n) is 4.18. The van der Waals surface area contributed by atoms with Crippen LogP contribution in [-0.4, -0.2) is 32.2 Å². The highest BCUT2D eigenvalue weighted by Gasteiger charge is 2.18. The molecule has 2 aromatic rings. The summed E-state index contributed by atoms with van der Waals surface area (Å²) in [6.45, 7) is 2.52. The maximum atomic E-state index is 14.0. The van der Waals surface area contributed by atoms with Crippen LogP contribution in [0.25, 0.3) is 6.08 Å². The van der Waals surface area contributed by atoms with Gasteiger partial charge in [-0.05, 0) is 42.5 Å². The van der Waals surface area contributed by atoms with Crippen LogP contribution in [0.15, 0.2) is 46.4 Å². The number of hydrogen-bond acceptors (Lipinski definition) is 4. The highest BCUT2D eigenvalue weighted by Crippen LogP contribution is 2.30. The molecule has 28 heavy (non-hydrogen) atoms. The zero-order valence-corrected chi connectivity index (χ0v) is 17.1. The molecule has 0 atom stereocenters. The number of carbonyl (C=O) groups excluding carboxylic acids is 1. The lowest BCUT2D eigenvalue weighted by Crippen LogP contribution is -2.36. The average Bonchev–Trinajstić information content (AvgIpc) is 2.69. The van der Waals surface area contributed by atoms with Crippen molar-refractivity contribution in [3.05, 3.63) is 62.8 Å². The lowest BCUT2D eigenvalue weighted by atomic mass is 10.1. The van der Waals surface area contributed by atoms with Crippen molar-refractivity contribution in [2.75, 3.05) is 36.5 Å². The number of nitrogens with one attached hydrogen (secondary N) is 1. The van der Waals surface area contributed by atoms with E-state index in [2.05, 4.69) is 26.1 Å². The summed E-state index contributed by atoms with van der Waals surface area (Å²) in [5.41, 5.74) is 1.19. The zero-order chi connectivity index (χ0) is 20.1. The summed E-state index contributed by atoms with van der Waals surface area (Å²) in [6.07, 6.45) is 1.22. The Bertz CT molecular complexity index is 968. The second-order valence-electron chi connectivity index (χ2n) is 6.05. The molecule has 1 saturated heterocycles.